The molecule has 3 aromatic rings. The highest BCUT2D eigenvalue weighted by atomic mass is 16.3. The third kappa shape index (κ3) is 4.20. The molecule has 0 aliphatic rings. The van der Waals surface area contributed by atoms with Crippen LogP contribution in [0.2, 0.25) is 0 Å². The first-order valence-electron chi connectivity index (χ1n) is 7.57. The van der Waals surface area contributed by atoms with Gasteiger partial charge in [0.15, 0.2) is 0 Å². The Morgan fingerprint density at radius 2 is 2.12 bits per heavy atom. The maximum Gasteiger partial charge on any atom is 0.270 e. The van der Waals surface area contributed by atoms with Crippen molar-refractivity contribution in [3.63, 3.8) is 0 Å². The van der Waals surface area contributed by atoms with Gasteiger partial charge in [-0.15, -0.1) is 0 Å². The van der Waals surface area contributed by atoms with Gasteiger partial charge in [0.25, 0.3) is 5.91 Å². The summed E-state index contributed by atoms with van der Waals surface area (Å²) in [5.74, 6) is 1.27. The average Bonchev–Trinajstić information content (AvgIpc) is 3.13. The number of aryl methyl sites for hydroxylation is 1. The summed E-state index contributed by atoms with van der Waals surface area (Å²) in [5.41, 5.74) is 1.49. The zero-order valence-corrected chi connectivity index (χ0v) is 13.5. The fraction of sp³-hybridized carbons (Fsp3) is 0.111. The van der Waals surface area contributed by atoms with E-state index >= 15 is 0 Å². The number of nitrogens with one attached hydrogen (secondary N) is 2. The number of carbonyl (C=O) groups is 1. The van der Waals surface area contributed by atoms with Gasteiger partial charge in [-0.2, -0.15) is 5.26 Å². The van der Waals surface area contributed by atoms with Crippen molar-refractivity contribution in [3.8, 4) is 6.07 Å². The van der Waals surface area contributed by atoms with Gasteiger partial charge < -0.3 is 15.1 Å². The van der Waals surface area contributed by atoms with E-state index < -0.39 is 0 Å². The van der Waals surface area contributed by atoms with E-state index in [-0.39, 0.29) is 18.1 Å². The fourth-order valence-electron chi connectivity index (χ4n) is 2.23. The van der Waals surface area contributed by atoms with Crippen molar-refractivity contribution in [2.75, 3.05) is 5.32 Å². The van der Waals surface area contributed by atoms with Crippen molar-refractivity contribution in [2.24, 2.45) is 0 Å². The fourth-order valence-corrected chi connectivity index (χ4v) is 2.23. The van der Waals surface area contributed by atoms with Crippen LogP contribution >= 0.6 is 0 Å². The third-order valence-electron chi connectivity index (χ3n) is 3.34. The first-order valence-corrected chi connectivity index (χ1v) is 7.57. The molecule has 0 saturated carbocycles. The maximum atomic E-state index is 12.3. The molecule has 1 aromatic carbocycles. The Morgan fingerprint density at radius 3 is 2.88 bits per heavy atom. The summed E-state index contributed by atoms with van der Waals surface area (Å²) in [4.78, 5) is 20.7. The van der Waals surface area contributed by atoms with Gasteiger partial charge in [-0.3, -0.25) is 4.79 Å². The van der Waals surface area contributed by atoms with Crippen molar-refractivity contribution in [1.29, 1.82) is 5.26 Å². The number of hydrogen-bond acceptors (Lipinski definition) is 6. The monoisotopic (exact) mass is 333 g/mol. The van der Waals surface area contributed by atoms with Gasteiger partial charge >= 0.3 is 0 Å². The molecule has 3 rings (SSSR count). The van der Waals surface area contributed by atoms with Crippen LogP contribution in [0.15, 0.2) is 53.1 Å². The maximum absolute atomic E-state index is 12.3. The van der Waals surface area contributed by atoms with Gasteiger partial charge in [-0.05, 0) is 37.3 Å². The standard InChI is InChI=1S/C18H15N5O2/c1-12-21-16(18(24)20-11-15-6-3-7-25-15)9-17(22-12)23-14-5-2-4-13(8-14)10-19/h2-9H,11H2,1H3,(H,20,24)(H,21,22,23). The second-order valence-corrected chi connectivity index (χ2v) is 5.27. The van der Waals surface area contributed by atoms with Crippen LogP contribution in [0.5, 0.6) is 0 Å². The minimum Gasteiger partial charge on any atom is -0.467 e. The molecule has 0 atom stereocenters. The molecule has 0 unspecified atom stereocenters. The normalized spacial score (nSPS) is 10.1. The van der Waals surface area contributed by atoms with Crippen molar-refractivity contribution in [1.82, 2.24) is 15.3 Å². The molecule has 7 nitrogen and oxygen atoms in total. The molecule has 25 heavy (non-hydrogen) atoms. The van der Waals surface area contributed by atoms with E-state index in [0.717, 1.165) is 0 Å². The van der Waals surface area contributed by atoms with Crippen LogP contribution in [0.1, 0.15) is 27.6 Å². The molecule has 2 aromatic heterocycles. The molecule has 0 radical (unpaired) electrons. The molecule has 0 saturated heterocycles. The van der Waals surface area contributed by atoms with Gasteiger partial charge in [0.05, 0.1) is 24.4 Å². The smallest absolute Gasteiger partial charge is 0.270 e. The summed E-state index contributed by atoms with van der Waals surface area (Å²) in [6.07, 6.45) is 1.55. The Morgan fingerprint density at radius 1 is 1.24 bits per heavy atom. The minimum absolute atomic E-state index is 0.248. The highest BCUT2D eigenvalue weighted by Gasteiger charge is 2.11. The zero-order chi connectivity index (χ0) is 17.6. The first kappa shape index (κ1) is 16.2. The lowest BCUT2D eigenvalue weighted by Gasteiger charge is -2.09. The van der Waals surface area contributed by atoms with E-state index in [1.54, 1.807) is 49.6 Å². The number of furan rings is 1. The van der Waals surface area contributed by atoms with Crippen LogP contribution in [0.25, 0.3) is 0 Å². The molecule has 2 heterocycles. The number of nitriles is 1. The van der Waals surface area contributed by atoms with Crippen LogP contribution in [-0.4, -0.2) is 15.9 Å². The number of rotatable bonds is 5. The van der Waals surface area contributed by atoms with E-state index in [1.165, 1.54) is 0 Å². The molecule has 0 aliphatic carbocycles. The van der Waals surface area contributed by atoms with Crippen molar-refractivity contribution >= 4 is 17.4 Å². The molecule has 2 N–H and O–H groups in total. The summed E-state index contributed by atoms with van der Waals surface area (Å²) in [6, 6.07) is 14.2. The highest BCUT2D eigenvalue weighted by Crippen LogP contribution is 2.17. The first-order chi connectivity index (χ1) is 12.1. The lowest BCUT2D eigenvalue weighted by Crippen LogP contribution is -2.24. The number of amides is 1. The molecule has 0 fully saturated rings. The molecule has 0 spiro atoms. The quantitative estimate of drug-likeness (QED) is 0.744. The van der Waals surface area contributed by atoms with Gasteiger partial charge in [0.1, 0.15) is 23.1 Å². The van der Waals surface area contributed by atoms with E-state index in [4.69, 9.17) is 9.68 Å². The summed E-state index contributed by atoms with van der Waals surface area (Å²) in [5, 5.41) is 14.8. The summed E-state index contributed by atoms with van der Waals surface area (Å²) in [7, 11) is 0. The summed E-state index contributed by atoms with van der Waals surface area (Å²) >= 11 is 0. The van der Waals surface area contributed by atoms with Gasteiger partial charge in [0, 0.05) is 11.8 Å². The number of anilines is 2. The summed E-state index contributed by atoms with van der Waals surface area (Å²) < 4.78 is 5.18. The largest absolute Gasteiger partial charge is 0.467 e. The van der Waals surface area contributed by atoms with E-state index in [0.29, 0.717) is 28.7 Å². The van der Waals surface area contributed by atoms with Crippen molar-refractivity contribution in [2.45, 2.75) is 13.5 Å². The molecular formula is C18H15N5O2. The van der Waals surface area contributed by atoms with Crippen LogP contribution in [-0.2, 0) is 6.54 Å². The average molecular weight is 333 g/mol. The zero-order valence-electron chi connectivity index (χ0n) is 13.5. The lowest BCUT2D eigenvalue weighted by molar-refractivity contribution is 0.0942. The predicted molar refractivity (Wildman–Crippen MR) is 91.1 cm³/mol. The van der Waals surface area contributed by atoms with Crippen LogP contribution in [0, 0.1) is 18.3 Å². The lowest BCUT2D eigenvalue weighted by atomic mass is 10.2. The SMILES string of the molecule is Cc1nc(Nc2cccc(C#N)c2)cc(C(=O)NCc2ccco2)n1. The van der Waals surface area contributed by atoms with Crippen molar-refractivity contribution in [3.05, 3.63) is 71.6 Å². The van der Waals surface area contributed by atoms with Gasteiger partial charge in [-0.25, -0.2) is 9.97 Å². The predicted octanol–water partition coefficient (Wildman–Crippen LogP) is 2.92. The van der Waals surface area contributed by atoms with Gasteiger partial charge in [0.2, 0.25) is 0 Å². The Labute approximate surface area is 144 Å². The minimum atomic E-state index is -0.323. The number of carbonyl (C=O) groups excluding carboxylic acids is 1. The number of nitrogens with zero attached hydrogens (tertiary/aromatic N) is 3. The molecule has 1 amide bonds. The molecule has 7 heteroatoms. The second kappa shape index (κ2) is 7.27. The van der Waals surface area contributed by atoms with Crippen LogP contribution < -0.4 is 10.6 Å². The molecule has 0 aliphatic heterocycles. The molecule has 0 bridgehead atoms. The second-order valence-electron chi connectivity index (χ2n) is 5.27. The highest BCUT2D eigenvalue weighted by molar-refractivity contribution is 5.93. The Kier molecular flexibility index (Phi) is 4.72. The molecule has 124 valence electrons. The van der Waals surface area contributed by atoms with E-state index in [9.17, 15) is 4.79 Å². The topological polar surface area (TPSA) is 104 Å². The van der Waals surface area contributed by atoms with E-state index in [2.05, 4.69) is 26.7 Å². The third-order valence-corrected chi connectivity index (χ3v) is 3.34. The van der Waals surface area contributed by atoms with Crippen LogP contribution in [0.4, 0.5) is 11.5 Å². The van der Waals surface area contributed by atoms with E-state index in [1.807, 2.05) is 6.07 Å². The Hall–Kier alpha value is -3.66. The number of hydrogen-bond donors (Lipinski definition) is 2. The molecular weight excluding hydrogens is 318 g/mol. The van der Waals surface area contributed by atoms with Crippen LogP contribution in [0.3, 0.4) is 0 Å². The van der Waals surface area contributed by atoms with Gasteiger partial charge in [-0.1, -0.05) is 6.07 Å². The van der Waals surface area contributed by atoms with Crippen molar-refractivity contribution < 1.29 is 9.21 Å². The number of aromatic nitrogens is 2. The Balaban J connectivity index is 1.75. The number of benzene rings is 1. The summed E-state index contributed by atoms with van der Waals surface area (Å²) in [6.45, 7) is 1.99. The Bertz CT molecular complexity index is 929.